The number of hydrogen-bond acceptors (Lipinski definition) is 4. The number of hydrogen-bond donors (Lipinski definition) is 1. The summed E-state index contributed by atoms with van der Waals surface area (Å²) in [5.41, 5.74) is 1.99. The number of carbonyl (C=O) groups is 1. The Labute approximate surface area is 138 Å². The van der Waals surface area contributed by atoms with E-state index in [2.05, 4.69) is 15.4 Å². The second kappa shape index (κ2) is 5.96. The average molecular weight is 324 g/mol. The summed E-state index contributed by atoms with van der Waals surface area (Å²) >= 11 is 1.48. The molecule has 1 atom stereocenters. The molecule has 4 rings (SSSR count). The Morgan fingerprint density at radius 3 is 2.78 bits per heavy atom. The van der Waals surface area contributed by atoms with Crippen molar-refractivity contribution in [2.45, 2.75) is 24.8 Å². The van der Waals surface area contributed by atoms with E-state index in [0.717, 1.165) is 11.3 Å². The first-order valence-electron chi connectivity index (χ1n) is 7.61. The van der Waals surface area contributed by atoms with Gasteiger partial charge < -0.3 is 0 Å². The number of carbonyl (C=O) groups excluding carboxylic acids is 1. The molecule has 2 aromatic heterocycles. The summed E-state index contributed by atoms with van der Waals surface area (Å²) in [5, 5.41) is 9.88. The van der Waals surface area contributed by atoms with Crippen molar-refractivity contribution in [1.82, 2.24) is 14.8 Å². The molecule has 1 aliphatic carbocycles. The second-order valence-electron chi connectivity index (χ2n) is 5.64. The quantitative estimate of drug-likeness (QED) is 0.782. The summed E-state index contributed by atoms with van der Waals surface area (Å²) in [4.78, 5) is 17.3. The van der Waals surface area contributed by atoms with Crippen LogP contribution in [0.4, 0.5) is 5.13 Å². The van der Waals surface area contributed by atoms with Crippen LogP contribution >= 0.6 is 11.3 Å². The first kappa shape index (κ1) is 14.1. The third-order valence-corrected chi connectivity index (χ3v) is 4.68. The number of amides is 1. The molecule has 0 radical (unpaired) electrons. The van der Waals surface area contributed by atoms with E-state index < -0.39 is 6.04 Å². The lowest BCUT2D eigenvalue weighted by Gasteiger charge is -2.16. The van der Waals surface area contributed by atoms with E-state index in [1.165, 1.54) is 24.2 Å². The molecule has 0 spiro atoms. The van der Waals surface area contributed by atoms with E-state index in [1.807, 2.05) is 41.8 Å². The maximum Gasteiger partial charge on any atom is 0.255 e. The fourth-order valence-corrected chi connectivity index (χ4v) is 3.37. The number of thiazole rings is 1. The van der Waals surface area contributed by atoms with Crippen LogP contribution in [0.5, 0.6) is 0 Å². The zero-order valence-electron chi connectivity index (χ0n) is 12.4. The fraction of sp³-hybridized carbons (Fsp3) is 0.235. The molecule has 1 aromatic carbocycles. The van der Waals surface area contributed by atoms with Gasteiger partial charge in [-0.05, 0) is 24.5 Å². The minimum absolute atomic E-state index is 0.128. The number of rotatable bonds is 5. The largest absolute Gasteiger partial charge is 0.300 e. The number of nitrogens with one attached hydrogen (secondary N) is 1. The Hall–Kier alpha value is -2.47. The molecule has 1 N–H and O–H groups in total. The van der Waals surface area contributed by atoms with Gasteiger partial charge in [0.1, 0.15) is 0 Å². The van der Waals surface area contributed by atoms with Gasteiger partial charge in [0, 0.05) is 23.7 Å². The van der Waals surface area contributed by atoms with Crippen molar-refractivity contribution in [1.29, 1.82) is 0 Å². The van der Waals surface area contributed by atoms with Crippen molar-refractivity contribution in [2.75, 3.05) is 5.32 Å². The van der Waals surface area contributed by atoms with E-state index in [0.29, 0.717) is 11.0 Å². The van der Waals surface area contributed by atoms with E-state index >= 15 is 0 Å². The Balaban J connectivity index is 1.59. The number of nitrogens with zero attached hydrogens (tertiary/aromatic N) is 3. The van der Waals surface area contributed by atoms with Crippen LogP contribution < -0.4 is 5.32 Å². The van der Waals surface area contributed by atoms with Gasteiger partial charge in [0.2, 0.25) is 0 Å². The average Bonchev–Trinajstić information content (AvgIpc) is 3.08. The van der Waals surface area contributed by atoms with Crippen LogP contribution in [-0.4, -0.2) is 20.7 Å². The van der Waals surface area contributed by atoms with E-state index in [-0.39, 0.29) is 5.91 Å². The monoisotopic (exact) mass is 324 g/mol. The normalized spacial score (nSPS) is 15.3. The SMILES string of the molecule is O=C(Nc1nc(C2CC2)cs1)[C@@H](c1ccccc1)n1cccn1. The van der Waals surface area contributed by atoms with Crippen molar-refractivity contribution in [2.24, 2.45) is 0 Å². The van der Waals surface area contributed by atoms with Crippen LogP contribution in [0.2, 0.25) is 0 Å². The first-order valence-corrected chi connectivity index (χ1v) is 8.49. The van der Waals surface area contributed by atoms with Crippen LogP contribution in [-0.2, 0) is 4.79 Å². The molecule has 0 bridgehead atoms. The molecule has 1 fully saturated rings. The van der Waals surface area contributed by atoms with E-state index in [4.69, 9.17) is 0 Å². The van der Waals surface area contributed by atoms with Crippen LogP contribution in [0.1, 0.15) is 36.1 Å². The summed E-state index contributed by atoms with van der Waals surface area (Å²) in [6.07, 6.45) is 5.89. The predicted octanol–water partition coefficient (Wildman–Crippen LogP) is 3.45. The molecule has 6 heteroatoms. The standard InChI is InChI=1S/C17H16N4OS/c22-16(20-17-19-14(11-23-17)12-7-8-12)15(21-10-4-9-18-21)13-5-2-1-3-6-13/h1-6,9-12,15H,7-8H2,(H,19,20,22)/t15-/m1/s1. The van der Waals surface area contributed by atoms with Crippen LogP contribution in [0, 0.1) is 0 Å². The Kier molecular flexibility index (Phi) is 3.67. The molecule has 3 aromatic rings. The van der Waals surface area contributed by atoms with Gasteiger partial charge in [-0.25, -0.2) is 4.98 Å². The highest BCUT2D eigenvalue weighted by atomic mass is 32.1. The lowest BCUT2D eigenvalue weighted by molar-refractivity contribution is -0.118. The molecule has 1 amide bonds. The predicted molar refractivity (Wildman–Crippen MR) is 89.5 cm³/mol. The maximum atomic E-state index is 12.8. The number of benzene rings is 1. The van der Waals surface area contributed by atoms with Gasteiger partial charge in [-0.3, -0.25) is 14.8 Å². The second-order valence-corrected chi connectivity index (χ2v) is 6.50. The molecule has 1 saturated carbocycles. The lowest BCUT2D eigenvalue weighted by atomic mass is 10.1. The van der Waals surface area contributed by atoms with Crippen LogP contribution in [0.3, 0.4) is 0 Å². The highest BCUT2D eigenvalue weighted by molar-refractivity contribution is 7.13. The zero-order chi connectivity index (χ0) is 15.6. The summed E-state index contributed by atoms with van der Waals surface area (Å²) in [6.45, 7) is 0. The smallest absolute Gasteiger partial charge is 0.255 e. The molecule has 23 heavy (non-hydrogen) atoms. The first-order chi connectivity index (χ1) is 11.3. The third-order valence-electron chi connectivity index (χ3n) is 3.90. The third kappa shape index (κ3) is 3.03. The van der Waals surface area contributed by atoms with Crippen molar-refractivity contribution >= 4 is 22.4 Å². The maximum absolute atomic E-state index is 12.8. The Morgan fingerprint density at radius 1 is 1.26 bits per heavy atom. The summed E-state index contributed by atoms with van der Waals surface area (Å²) in [6, 6.07) is 11.0. The number of anilines is 1. The molecular weight excluding hydrogens is 308 g/mol. The van der Waals surface area contributed by atoms with E-state index in [9.17, 15) is 4.79 Å². The van der Waals surface area contributed by atoms with Gasteiger partial charge in [-0.15, -0.1) is 11.3 Å². The fourth-order valence-electron chi connectivity index (χ4n) is 2.58. The molecule has 116 valence electrons. The summed E-state index contributed by atoms with van der Waals surface area (Å²) < 4.78 is 1.67. The molecule has 5 nitrogen and oxygen atoms in total. The molecule has 1 aliphatic rings. The van der Waals surface area contributed by atoms with Crippen molar-refractivity contribution in [3.05, 3.63) is 65.4 Å². The zero-order valence-corrected chi connectivity index (χ0v) is 13.2. The summed E-state index contributed by atoms with van der Waals surface area (Å²) in [7, 11) is 0. The lowest BCUT2D eigenvalue weighted by Crippen LogP contribution is -2.27. The summed E-state index contributed by atoms with van der Waals surface area (Å²) in [5.74, 6) is 0.463. The minimum Gasteiger partial charge on any atom is -0.300 e. The molecule has 0 aliphatic heterocycles. The van der Waals surface area contributed by atoms with Gasteiger partial charge in [-0.2, -0.15) is 5.10 Å². The topological polar surface area (TPSA) is 59.8 Å². The van der Waals surface area contributed by atoms with Gasteiger partial charge >= 0.3 is 0 Å². The highest BCUT2D eigenvalue weighted by Gasteiger charge is 2.27. The van der Waals surface area contributed by atoms with Crippen molar-refractivity contribution in [3.8, 4) is 0 Å². The van der Waals surface area contributed by atoms with Crippen LogP contribution in [0.15, 0.2) is 54.2 Å². The van der Waals surface area contributed by atoms with Crippen molar-refractivity contribution < 1.29 is 4.79 Å². The molecule has 0 saturated heterocycles. The molecule has 2 heterocycles. The van der Waals surface area contributed by atoms with Gasteiger partial charge in [0.25, 0.3) is 5.91 Å². The highest BCUT2D eigenvalue weighted by Crippen LogP contribution is 2.41. The Bertz CT molecular complexity index is 793. The molecule has 0 unspecified atom stereocenters. The van der Waals surface area contributed by atoms with Gasteiger partial charge in [0.15, 0.2) is 11.2 Å². The van der Waals surface area contributed by atoms with Crippen LogP contribution in [0.25, 0.3) is 0 Å². The van der Waals surface area contributed by atoms with Gasteiger partial charge in [0.05, 0.1) is 5.69 Å². The van der Waals surface area contributed by atoms with Crippen molar-refractivity contribution in [3.63, 3.8) is 0 Å². The minimum atomic E-state index is -0.500. The van der Waals surface area contributed by atoms with E-state index in [1.54, 1.807) is 17.1 Å². The Morgan fingerprint density at radius 2 is 2.09 bits per heavy atom. The molecular formula is C17H16N4OS. The van der Waals surface area contributed by atoms with Gasteiger partial charge in [-0.1, -0.05) is 30.3 Å². The number of aromatic nitrogens is 3.